The zero-order valence-electron chi connectivity index (χ0n) is 10.3. The van der Waals surface area contributed by atoms with Gasteiger partial charge in [-0.15, -0.1) is 0 Å². The van der Waals surface area contributed by atoms with E-state index >= 15 is 0 Å². The molecule has 5 atom stereocenters. The summed E-state index contributed by atoms with van der Waals surface area (Å²) in [6.45, 7) is 2.76. The highest BCUT2D eigenvalue weighted by molar-refractivity contribution is 5.05. The van der Waals surface area contributed by atoms with Gasteiger partial charge in [0.2, 0.25) is 5.79 Å². The lowest BCUT2D eigenvalue weighted by molar-refractivity contribution is -0.562. The highest BCUT2D eigenvalue weighted by atomic mass is 17.3. The maximum Gasteiger partial charge on any atom is 0.201 e. The molecule has 1 aliphatic carbocycles. The fraction of sp³-hybridized carbons (Fsp3) is 1.00. The first-order valence-electron chi connectivity index (χ1n) is 6.89. The van der Waals surface area contributed by atoms with Crippen molar-refractivity contribution in [3.05, 3.63) is 0 Å². The molecule has 0 amide bonds. The molecule has 5 aliphatic rings. The van der Waals surface area contributed by atoms with Gasteiger partial charge in [0.15, 0.2) is 11.9 Å². The molecule has 4 heterocycles. The van der Waals surface area contributed by atoms with E-state index in [1.165, 1.54) is 19.3 Å². The van der Waals surface area contributed by atoms with Gasteiger partial charge in [0.1, 0.15) is 0 Å². The van der Waals surface area contributed by atoms with E-state index < -0.39 is 5.79 Å². The maximum atomic E-state index is 6.06. The molecule has 4 aliphatic heterocycles. The van der Waals surface area contributed by atoms with Gasteiger partial charge in [-0.05, 0) is 44.4 Å². The van der Waals surface area contributed by atoms with Crippen molar-refractivity contribution in [2.45, 2.75) is 63.1 Å². The topological polar surface area (TPSA) is 36.9 Å². The van der Waals surface area contributed by atoms with Gasteiger partial charge in [-0.1, -0.05) is 6.42 Å². The second kappa shape index (κ2) is 3.44. The van der Waals surface area contributed by atoms with Crippen LogP contribution in [0.2, 0.25) is 0 Å². The van der Waals surface area contributed by atoms with Crippen molar-refractivity contribution in [3.8, 4) is 0 Å². The Bertz CT molecular complexity index is 331. The molecule has 0 radical (unpaired) electrons. The second-order valence-electron chi connectivity index (χ2n) is 6.13. The van der Waals surface area contributed by atoms with E-state index in [-0.39, 0.29) is 11.9 Å². The molecule has 17 heavy (non-hydrogen) atoms. The van der Waals surface area contributed by atoms with Crippen LogP contribution in [0, 0.1) is 11.8 Å². The average molecular weight is 240 g/mol. The summed E-state index contributed by atoms with van der Waals surface area (Å²) in [5, 5.41) is 0. The lowest BCUT2D eigenvalue weighted by Crippen LogP contribution is -2.65. The first kappa shape index (κ1) is 10.7. The number of ether oxygens (including phenoxy) is 2. The third kappa shape index (κ3) is 1.33. The molecule has 4 nitrogen and oxygen atoms in total. The van der Waals surface area contributed by atoms with Crippen LogP contribution in [0.25, 0.3) is 0 Å². The summed E-state index contributed by atoms with van der Waals surface area (Å²) in [5.74, 6) is 0.480. The molecule has 4 heteroatoms. The highest BCUT2D eigenvalue weighted by Gasteiger charge is 2.65. The van der Waals surface area contributed by atoms with Crippen molar-refractivity contribution in [2.75, 3.05) is 6.61 Å². The molecule has 96 valence electrons. The van der Waals surface area contributed by atoms with Crippen LogP contribution in [0.3, 0.4) is 0 Å². The van der Waals surface area contributed by atoms with Gasteiger partial charge >= 0.3 is 0 Å². The SMILES string of the molecule is CC12CCC3CCCC4CCOC(O1)C43OO2. The maximum absolute atomic E-state index is 6.06. The minimum atomic E-state index is -0.602. The number of fused-ring (bicyclic) bond motifs is 2. The largest absolute Gasteiger partial charge is 0.349 e. The van der Waals surface area contributed by atoms with E-state index in [0.29, 0.717) is 11.8 Å². The minimum Gasteiger partial charge on any atom is -0.349 e. The normalized spacial score (nSPS) is 57.4. The Hall–Kier alpha value is -0.160. The standard InChI is InChI=1S/C13H20O4/c1-12-7-5-9-3-2-4-10-6-8-14-11(15-12)13(9,10)17-16-12/h9-11H,2-8H2,1H3. The molecular weight excluding hydrogens is 220 g/mol. The Balaban J connectivity index is 1.79. The molecule has 1 spiro atoms. The van der Waals surface area contributed by atoms with Crippen molar-refractivity contribution in [3.63, 3.8) is 0 Å². The van der Waals surface area contributed by atoms with E-state index in [1.807, 2.05) is 6.92 Å². The summed E-state index contributed by atoms with van der Waals surface area (Å²) >= 11 is 0. The summed E-state index contributed by atoms with van der Waals surface area (Å²) in [4.78, 5) is 11.5. The second-order valence-corrected chi connectivity index (χ2v) is 6.13. The summed E-state index contributed by atoms with van der Waals surface area (Å²) in [5.41, 5.74) is -0.313. The lowest BCUT2D eigenvalue weighted by Gasteiger charge is -2.55. The van der Waals surface area contributed by atoms with E-state index in [0.717, 1.165) is 25.9 Å². The monoisotopic (exact) mass is 240 g/mol. The Kier molecular flexibility index (Phi) is 2.17. The third-order valence-electron chi connectivity index (χ3n) is 5.15. The van der Waals surface area contributed by atoms with Crippen molar-refractivity contribution in [1.29, 1.82) is 0 Å². The van der Waals surface area contributed by atoms with Gasteiger partial charge in [0.05, 0.1) is 6.61 Å². The van der Waals surface area contributed by atoms with Crippen molar-refractivity contribution < 1.29 is 19.2 Å². The van der Waals surface area contributed by atoms with Crippen molar-refractivity contribution in [2.24, 2.45) is 11.8 Å². The zero-order valence-corrected chi connectivity index (χ0v) is 10.3. The molecule has 5 rings (SSSR count). The van der Waals surface area contributed by atoms with Gasteiger partial charge in [-0.3, -0.25) is 0 Å². The average Bonchev–Trinajstić information content (AvgIpc) is 2.56. The quantitative estimate of drug-likeness (QED) is 0.609. The van der Waals surface area contributed by atoms with Gasteiger partial charge in [-0.25, -0.2) is 9.78 Å². The lowest BCUT2D eigenvalue weighted by atomic mass is 9.65. The fourth-order valence-electron chi connectivity index (χ4n) is 4.21. The van der Waals surface area contributed by atoms with E-state index in [4.69, 9.17) is 19.2 Å². The summed E-state index contributed by atoms with van der Waals surface area (Å²) < 4.78 is 11.9. The highest BCUT2D eigenvalue weighted by Crippen LogP contribution is 2.56. The molecule has 0 N–H and O–H groups in total. The Morgan fingerprint density at radius 3 is 2.71 bits per heavy atom. The third-order valence-corrected chi connectivity index (χ3v) is 5.15. The van der Waals surface area contributed by atoms with Crippen LogP contribution in [0.4, 0.5) is 0 Å². The van der Waals surface area contributed by atoms with E-state index in [1.54, 1.807) is 0 Å². The van der Waals surface area contributed by atoms with Crippen LogP contribution in [-0.4, -0.2) is 24.3 Å². The number of hydrogen-bond donors (Lipinski definition) is 0. The first-order valence-corrected chi connectivity index (χ1v) is 6.89. The van der Waals surface area contributed by atoms with Crippen LogP contribution in [0.15, 0.2) is 0 Å². The summed E-state index contributed by atoms with van der Waals surface area (Å²) in [7, 11) is 0. The van der Waals surface area contributed by atoms with Crippen molar-refractivity contribution in [1.82, 2.24) is 0 Å². The van der Waals surface area contributed by atoms with Crippen LogP contribution in [0.1, 0.15) is 45.4 Å². The Morgan fingerprint density at radius 1 is 1.00 bits per heavy atom. The molecule has 5 unspecified atom stereocenters. The van der Waals surface area contributed by atoms with E-state index in [2.05, 4.69) is 0 Å². The molecule has 1 saturated carbocycles. The number of hydrogen-bond acceptors (Lipinski definition) is 4. The Morgan fingerprint density at radius 2 is 1.82 bits per heavy atom. The van der Waals surface area contributed by atoms with Gasteiger partial charge in [0, 0.05) is 6.42 Å². The fourth-order valence-corrected chi connectivity index (χ4v) is 4.21. The molecule has 5 fully saturated rings. The predicted octanol–water partition coefficient (Wildman–Crippen LogP) is 2.38. The smallest absolute Gasteiger partial charge is 0.201 e. The Labute approximate surface area is 101 Å². The van der Waals surface area contributed by atoms with Crippen LogP contribution in [-0.2, 0) is 19.2 Å². The van der Waals surface area contributed by atoms with Gasteiger partial charge in [-0.2, -0.15) is 0 Å². The predicted molar refractivity (Wildman–Crippen MR) is 58.8 cm³/mol. The van der Waals surface area contributed by atoms with Crippen LogP contribution in [0.5, 0.6) is 0 Å². The number of rotatable bonds is 0. The van der Waals surface area contributed by atoms with Crippen LogP contribution >= 0.6 is 0 Å². The molecule has 2 bridgehead atoms. The van der Waals surface area contributed by atoms with E-state index in [9.17, 15) is 0 Å². The summed E-state index contributed by atoms with van der Waals surface area (Å²) in [6.07, 6.45) is 6.66. The minimum absolute atomic E-state index is 0.215. The van der Waals surface area contributed by atoms with Crippen LogP contribution < -0.4 is 0 Å². The molecule has 0 aromatic heterocycles. The summed E-state index contributed by atoms with van der Waals surface area (Å²) in [6, 6.07) is 0. The van der Waals surface area contributed by atoms with Gasteiger partial charge in [0.25, 0.3) is 0 Å². The van der Waals surface area contributed by atoms with Gasteiger partial charge < -0.3 is 9.47 Å². The van der Waals surface area contributed by atoms with Crippen molar-refractivity contribution >= 4 is 0 Å². The molecule has 0 aromatic carbocycles. The molecular formula is C13H20O4. The molecule has 0 aromatic rings. The molecule has 4 saturated heterocycles. The zero-order chi connectivity index (χ0) is 11.5. The first-order chi connectivity index (χ1) is 8.23.